The number of carbonyl (C=O) groups excluding carboxylic acids is 1. The molecule has 138 valence electrons. The summed E-state index contributed by atoms with van der Waals surface area (Å²) in [5.74, 6) is 1.00. The van der Waals surface area contributed by atoms with E-state index in [9.17, 15) is 4.79 Å². The first-order chi connectivity index (χ1) is 13.2. The smallest absolute Gasteiger partial charge is 0.281 e. The molecule has 0 radical (unpaired) electrons. The van der Waals surface area contributed by atoms with Gasteiger partial charge in [0, 0.05) is 4.47 Å². The van der Waals surface area contributed by atoms with Crippen LogP contribution in [0.5, 0.6) is 11.5 Å². The van der Waals surface area contributed by atoms with Gasteiger partial charge in [0.25, 0.3) is 5.91 Å². The molecule has 1 heterocycles. The summed E-state index contributed by atoms with van der Waals surface area (Å²) in [6.07, 6.45) is 1.56. The van der Waals surface area contributed by atoms with Crippen LogP contribution in [-0.4, -0.2) is 19.2 Å². The topological polar surface area (TPSA) is 59.9 Å². The molecule has 0 spiro atoms. The van der Waals surface area contributed by atoms with Crippen molar-refractivity contribution >= 4 is 39.4 Å². The third-order valence-corrected chi connectivity index (χ3v) is 5.02. The van der Waals surface area contributed by atoms with Crippen molar-refractivity contribution in [2.45, 2.75) is 6.61 Å². The Balaban J connectivity index is 1.62. The molecule has 0 saturated heterocycles. The van der Waals surface area contributed by atoms with Crippen LogP contribution in [-0.2, 0) is 6.61 Å². The number of methoxy groups -OCH3 is 1. The van der Waals surface area contributed by atoms with Crippen molar-refractivity contribution in [2.75, 3.05) is 7.11 Å². The van der Waals surface area contributed by atoms with Crippen LogP contribution in [0.3, 0.4) is 0 Å². The third-order valence-electron chi connectivity index (χ3n) is 3.62. The first-order valence-corrected chi connectivity index (χ1v) is 9.75. The first kappa shape index (κ1) is 19.1. The Morgan fingerprint density at radius 3 is 2.70 bits per heavy atom. The number of hydrazone groups is 1. The van der Waals surface area contributed by atoms with Gasteiger partial charge in [-0.25, -0.2) is 5.43 Å². The molecule has 0 unspecified atom stereocenters. The van der Waals surface area contributed by atoms with Crippen molar-refractivity contribution in [1.29, 1.82) is 0 Å². The standard InChI is InChI=1S/C20H17BrN2O3S/c1-25-18-11-15(12-22-23-20(24)19-3-2-10-27-19)6-9-17(18)26-13-14-4-7-16(21)8-5-14/h2-12H,13H2,1H3,(H,23,24)/b22-12+. The second kappa shape index (κ2) is 9.34. The van der Waals surface area contributed by atoms with Gasteiger partial charge in [-0.1, -0.05) is 34.1 Å². The lowest BCUT2D eigenvalue weighted by Gasteiger charge is -2.11. The molecule has 0 bridgehead atoms. The van der Waals surface area contributed by atoms with Crippen LogP contribution in [0.15, 0.2) is 69.6 Å². The van der Waals surface area contributed by atoms with E-state index in [2.05, 4.69) is 26.5 Å². The van der Waals surface area contributed by atoms with Crippen LogP contribution in [0.2, 0.25) is 0 Å². The fourth-order valence-electron chi connectivity index (χ4n) is 2.25. The summed E-state index contributed by atoms with van der Waals surface area (Å²) in [7, 11) is 1.58. The second-order valence-electron chi connectivity index (χ2n) is 5.50. The van der Waals surface area contributed by atoms with Crippen molar-refractivity contribution < 1.29 is 14.3 Å². The fourth-order valence-corrected chi connectivity index (χ4v) is 3.13. The van der Waals surface area contributed by atoms with Gasteiger partial charge in [0.15, 0.2) is 11.5 Å². The average molecular weight is 445 g/mol. The summed E-state index contributed by atoms with van der Waals surface area (Å²) in [6, 6.07) is 17.0. The summed E-state index contributed by atoms with van der Waals surface area (Å²) in [5, 5.41) is 5.83. The van der Waals surface area contributed by atoms with Gasteiger partial charge in [0.1, 0.15) is 6.61 Å². The van der Waals surface area contributed by atoms with Crippen molar-refractivity contribution in [3.8, 4) is 11.5 Å². The Morgan fingerprint density at radius 1 is 1.19 bits per heavy atom. The monoisotopic (exact) mass is 444 g/mol. The van der Waals surface area contributed by atoms with Gasteiger partial charge in [-0.05, 0) is 52.9 Å². The molecule has 0 aliphatic rings. The van der Waals surface area contributed by atoms with Gasteiger partial charge >= 0.3 is 0 Å². The average Bonchev–Trinajstić information content (AvgIpc) is 3.23. The third kappa shape index (κ3) is 5.42. The molecular weight excluding hydrogens is 428 g/mol. The molecule has 0 fully saturated rings. The molecule has 5 nitrogen and oxygen atoms in total. The number of halogens is 1. The van der Waals surface area contributed by atoms with Crippen LogP contribution in [0.4, 0.5) is 0 Å². The Labute approximate surface area is 169 Å². The van der Waals surface area contributed by atoms with Crippen LogP contribution in [0.1, 0.15) is 20.8 Å². The first-order valence-electron chi connectivity index (χ1n) is 8.08. The maximum absolute atomic E-state index is 11.9. The van der Waals surface area contributed by atoms with Crippen molar-refractivity contribution in [1.82, 2.24) is 5.43 Å². The SMILES string of the molecule is COc1cc(/C=N/NC(=O)c2cccs2)ccc1OCc1ccc(Br)cc1. The number of hydrogen-bond acceptors (Lipinski definition) is 5. The van der Waals surface area contributed by atoms with E-state index >= 15 is 0 Å². The summed E-state index contributed by atoms with van der Waals surface area (Å²) in [4.78, 5) is 12.5. The molecule has 1 amide bonds. The number of hydrogen-bond donors (Lipinski definition) is 1. The molecule has 3 aromatic rings. The van der Waals surface area contributed by atoms with E-state index in [-0.39, 0.29) is 5.91 Å². The summed E-state index contributed by atoms with van der Waals surface area (Å²) >= 11 is 4.78. The van der Waals surface area contributed by atoms with Gasteiger partial charge in [0.2, 0.25) is 0 Å². The summed E-state index contributed by atoms with van der Waals surface area (Å²) in [6.45, 7) is 0.438. The highest BCUT2D eigenvalue weighted by Gasteiger charge is 2.07. The van der Waals surface area contributed by atoms with Crippen molar-refractivity contribution in [3.63, 3.8) is 0 Å². The normalized spacial score (nSPS) is 10.7. The zero-order valence-corrected chi connectivity index (χ0v) is 16.9. The van der Waals surface area contributed by atoms with Crippen molar-refractivity contribution in [3.05, 3.63) is 80.5 Å². The molecule has 3 rings (SSSR count). The lowest BCUT2D eigenvalue weighted by Crippen LogP contribution is -2.16. The zero-order chi connectivity index (χ0) is 19.1. The van der Waals surface area contributed by atoms with Crippen LogP contribution >= 0.6 is 27.3 Å². The predicted molar refractivity (Wildman–Crippen MR) is 111 cm³/mol. The molecule has 2 aromatic carbocycles. The maximum Gasteiger partial charge on any atom is 0.281 e. The minimum atomic E-state index is -0.234. The van der Waals surface area contributed by atoms with Gasteiger partial charge in [0.05, 0.1) is 18.2 Å². The second-order valence-corrected chi connectivity index (χ2v) is 7.37. The van der Waals surface area contributed by atoms with Crippen LogP contribution in [0.25, 0.3) is 0 Å². The molecule has 1 aromatic heterocycles. The number of rotatable bonds is 7. The number of nitrogens with zero attached hydrogens (tertiary/aromatic N) is 1. The highest BCUT2D eigenvalue weighted by molar-refractivity contribution is 9.10. The number of ether oxygens (including phenoxy) is 2. The zero-order valence-electron chi connectivity index (χ0n) is 14.5. The summed E-state index contributed by atoms with van der Waals surface area (Å²) < 4.78 is 12.3. The summed E-state index contributed by atoms with van der Waals surface area (Å²) in [5.41, 5.74) is 4.35. The Bertz CT molecular complexity index is 925. The molecule has 0 aliphatic carbocycles. The fraction of sp³-hybridized carbons (Fsp3) is 0.100. The van der Waals surface area contributed by atoms with E-state index in [0.29, 0.717) is 23.0 Å². The van der Waals surface area contributed by atoms with E-state index in [4.69, 9.17) is 9.47 Å². The lowest BCUT2D eigenvalue weighted by atomic mass is 10.2. The van der Waals surface area contributed by atoms with Gasteiger partial charge in [-0.15, -0.1) is 11.3 Å². The van der Waals surface area contributed by atoms with E-state index in [1.54, 1.807) is 25.5 Å². The number of amides is 1. The van der Waals surface area contributed by atoms with E-state index < -0.39 is 0 Å². The molecular formula is C20H17BrN2O3S. The molecule has 0 aliphatic heterocycles. The molecule has 0 saturated carbocycles. The van der Waals surface area contributed by atoms with E-state index in [0.717, 1.165) is 15.6 Å². The molecule has 0 atom stereocenters. The predicted octanol–water partition coefficient (Wildman–Crippen LogP) is 4.86. The molecule has 7 heteroatoms. The van der Waals surface area contributed by atoms with Gasteiger partial charge < -0.3 is 9.47 Å². The number of thiophene rings is 1. The van der Waals surface area contributed by atoms with E-state index in [1.807, 2.05) is 47.8 Å². The quantitative estimate of drug-likeness (QED) is 0.417. The largest absolute Gasteiger partial charge is 0.493 e. The number of benzene rings is 2. The highest BCUT2D eigenvalue weighted by Crippen LogP contribution is 2.28. The minimum Gasteiger partial charge on any atom is -0.493 e. The maximum atomic E-state index is 11.9. The van der Waals surface area contributed by atoms with Crippen LogP contribution in [0, 0.1) is 0 Å². The molecule has 1 N–H and O–H groups in total. The Kier molecular flexibility index (Phi) is 6.62. The number of nitrogens with one attached hydrogen (secondary N) is 1. The van der Waals surface area contributed by atoms with Crippen molar-refractivity contribution in [2.24, 2.45) is 5.10 Å². The van der Waals surface area contributed by atoms with Gasteiger partial charge in [-0.3, -0.25) is 4.79 Å². The highest BCUT2D eigenvalue weighted by atomic mass is 79.9. The van der Waals surface area contributed by atoms with E-state index in [1.165, 1.54) is 11.3 Å². The van der Waals surface area contributed by atoms with Crippen LogP contribution < -0.4 is 14.9 Å². The minimum absolute atomic E-state index is 0.234. The Hall–Kier alpha value is -2.64. The number of carbonyl (C=O) groups is 1. The Morgan fingerprint density at radius 2 is 2.00 bits per heavy atom. The lowest BCUT2D eigenvalue weighted by molar-refractivity contribution is 0.0959. The van der Waals surface area contributed by atoms with Gasteiger partial charge in [-0.2, -0.15) is 5.10 Å². The molecule has 27 heavy (non-hydrogen) atoms.